The molecule has 6 heteroatoms. The van der Waals surface area contributed by atoms with Gasteiger partial charge in [0, 0.05) is 10.9 Å². The van der Waals surface area contributed by atoms with Gasteiger partial charge in [0.2, 0.25) is 5.91 Å². The van der Waals surface area contributed by atoms with E-state index in [0.717, 1.165) is 6.42 Å². The quantitative estimate of drug-likeness (QED) is 0.718. The highest BCUT2D eigenvalue weighted by Crippen LogP contribution is 2.21. The van der Waals surface area contributed by atoms with E-state index in [1.54, 1.807) is 11.3 Å². The molecule has 1 rings (SSSR count). The standard InChI is InChI=1S/C10H15N3O2S/c1-2-7(8-4-3-5-16-8)12-6-9(14)13-10(11)15/h3-5,7,12H,2,6H2,1H3,(H3,11,13,14,15). The van der Waals surface area contributed by atoms with Gasteiger partial charge in [-0.25, -0.2) is 4.79 Å². The maximum Gasteiger partial charge on any atom is 0.318 e. The Balaban J connectivity index is 2.41. The summed E-state index contributed by atoms with van der Waals surface area (Å²) in [5.41, 5.74) is 4.83. The molecule has 0 aliphatic rings. The minimum Gasteiger partial charge on any atom is -0.351 e. The number of urea groups is 1. The first-order chi connectivity index (χ1) is 7.63. The van der Waals surface area contributed by atoms with Gasteiger partial charge in [0.25, 0.3) is 0 Å². The van der Waals surface area contributed by atoms with E-state index in [4.69, 9.17) is 5.73 Å². The molecule has 1 atom stereocenters. The number of amides is 3. The molecule has 0 saturated carbocycles. The fourth-order valence-electron chi connectivity index (χ4n) is 1.33. The van der Waals surface area contributed by atoms with Crippen molar-refractivity contribution in [1.82, 2.24) is 10.6 Å². The van der Waals surface area contributed by atoms with E-state index in [0.29, 0.717) is 0 Å². The molecular weight excluding hydrogens is 226 g/mol. The summed E-state index contributed by atoms with van der Waals surface area (Å²) in [4.78, 5) is 22.8. The van der Waals surface area contributed by atoms with Gasteiger partial charge >= 0.3 is 6.03 Å². The van der Waals surface area contributed by atoms with Crippen molar-refractivity contribution < 1.29 is 9.59 Å². The molecular formula is C10H15N3O2S. The molecule has 1 aromatic heterocycles. The number of nitrogens with one attached hydrogen (secondary N) is 2. The lowest BCUT2D eigenvalue weighted by molar-refractivity contribution is -0.119. The molecule has 4 N–H and O–H groups in total. The number of carbonyl (C=O) groups is 2. The monoisotopic (exact) mass is 241 g/mol. The molecule has 0 aromatic carbocycles. The Morgan fingerprint density at radius 3 is 2.81 bits per heavy atom. The summed E-state index contributed by atoms with van der Waals surface area (Å²) in [6.45, 7) is 2.11. The van der Waals surface area contributed by atoms with Crippen LogP contribution in [0.4, 0.5) is 4.79 Å². The second-order valence-corrected chi connectivity index (χ2v) is 4.25. The number of hydrogen-bond acceptors (Lipinski definition) is 4. The van der Waals surface area contributed by atoms with Crippen molar-refractivity contribution in [2.45, 2.75) is 19.4 Å². The van der Waals surface area contributed by atoms with Crippen molar-refractivity contribution >= 4 is 23.3 Å². The van der Waals surface area contributed by atoms with Crippen LogP contribution in [0.1, 0.15) is 24.3 Å². The van der Waals surface area contributed by atoms with Gasteiger partial charge in [0.15, 0.2) is 0 Å². The van der Waals surface area contributed by atoms with Crippen LogP contribution in [-0.4, -0.2) is 18.5 Å². The Bertz CT molecular complexity index is 351. The second-order valence-electron chi connectivity index (χ2n) is 3.27. The normalized spacial score (nSPS) is 12.1. The summed E-state index contributed by atoms with van der Waals surface area (Å²) in [7, 11) is 0. The van der Waals surface area contributed by atoms with E-state index in [1.807, 2.05) is 29.8 Å². The maximum absolute atomic E-state index is 11.2. The van der Waals surface area contributed by atoms with E-state index in [-0.39, 0.29) is 12.6 Å². The van der Waals surface area contributed by atoms with E-state index in [2.05, 4.69) is 5.32 Å². The molecule has 0 bridgehead atoms. The third kappa shape index (κ3) is 4.00. The minimum absolute atomic E-state index is 0.0827. The third-order valence-corrected chi connectivity index (χ3v) is 3.05. The lowest BCUT2D eigenvalue weighted by atomic mass is 10.2. The summed E-state index contributed by atoms with van der Waals surface area (Å²) in [5.74, 6) is -0.414. The number of rotatable bonds is 5. The molecule has 0 saturated heterocycles. The predicted molar refractivity (Wildman–Crippen MR) is 63.1 cm³/mol. The molecule has 0 aliphatic carbocycles. The number of hydrogen-bond donors (Lipinski definition) is 3. The molecule has 0 aliphatic heterocycles. The Kier molecular flexibility index (Phi) is 4.94. The molecule has 0 fully saturated rings. The Hall–Kier alpha value is -1.40. The van der Waals surface area contributed by atoms with Gasteiger partial charge in [0.1, 0.15) is 0 Å². The predicted octanol–water partition coefficient (Wildman–Crippen LogP) is 0.984. The van der Waals surface area contributed by atoms with Crippen LogP contribution >= 0.6 is 11.3 Å². The first kappa shape index (κ1) is 12.7. The molecule has 3 amide bonds. The average molecular weight is 241 g/mol. The lowest BCUT2D eigenvalue weighted by Crippen LogP contribution is -2.41. The van der Waals surface area contributed by atoms with Crippen LogP contribution in [0.5, 0.6) is 0 Å². The number of thiophene rings is 1. The highest BCUT2D eigenvalue weighted by molar-refractivity contribution is 7.10. The first-order valence-electron chi connectivity index (χ1n) is 4.99. The average Bonchev–Trinajstić information content (AvgIpc) is 2.71. The zero-order chi connectivity index (χ0) is 12.0. The van der Waals surface area contributed by atoms with Crippen molar-refractivity contribution in [3.8, 4) is 0 Å². The van der Waals surface area contributed by atoms with Crippen molar-refractivity contribution in [1.29, 1.82) is 0 Å². The molecule has 0 spiro atoms. The van der Waals surface area contributed by atoms with E-state index >= 15 is 0 Å². The third-order valence-electron chi connectivity index (χ3n) is 2.07. The topological polar surface area (TPSA) is 84.2 Å². The van der Waals surface area contributed by atoms with Gasteiger partial charge in [-0.3, -0.25) is 10.1 Å². The van der Waals surface area contributed by atoms with Crippen LogP contribution in [0.2, 0.25) is 0 Å². The summed E-state index contributed by atoms with van der Waals surface area (Å²) in [5, 5.41) is 7.07. The van der Waals surface area contributed by atoms with Gasteiger partial charge in [-0.2, -0.15) is 0 Å². The van der Waals surface area contributed by atoms with E-state index in [9.17, 15) is 9.59 Å². The smallest absolute Gasteiger partial charge is 0.318 e. The highest BCUT2D eigenvalue weighted by Gasteiger charge is 2.11. The zero-order valence-corrected chi connectivity index (χ0v) is 9.84. The molecule has 1 heterocycles. The lowest BCUT2D eigenvalue weighted by Gasteiger charge is -2.14. The minimum atomic E-state index is -0.823. The van der Waals surface area contributed by atoms with Crippen molar-refractivity contribution in [2.75, 3.05) is 6.54 Å². The Labute approximate surface area is 98.0 Å². The van der Waals surface area contributed by atoms with Crippen LogP contribution in [0, 0.1) is 0 Å². The second kappa shape index (κ2) is 6.24. The molecule has 1 aromatic rings. The number of carbonyl (C=O) groups excluding carboxylic acids is 2. The van der Waals surface area contributed by atoms with Crippen molar-refractivity contribution in [3.05, 3.63) is 22.4 Å². The molecule has 88 valence electrons. The number of primary amides is 1. The first-order valence-corrected chi connectivity index (χ1v) is 5.87. The van der Waals surface area contributed by atoms with Crippen molar-refractivity contribution in [2.24, 2.45) is 5.73 Å². The van der Waals surface area contributed by atoms with Crippen LogP contribution in [0.15, 0.2) is 17.5 Å². The Morgan fingerprint density at radius 1 is 1.56 bits per heavy atom. The van der Waals surface area contributed by atoms with Gasteiger partial charge in [0.05, 0.1) is 6.54 Å². The van der Waals surface area contributed by atoms with E-state index in [1.165, 1.54) is 4.88 Å². The largest absolute Gasteiger partial charge is 0.351 e. The summed E-state index contributed by atoms with van der Waals surface area (Å²) in [6, 6.07) is 3.29. The van der Waals surface area contributed by atoms with Gasteiger partial charge < -0.3 is 11.1 Å². The molecule has 0 radical (unpaired) electrons. The van der Waals surface area contributed by atoms with Crippen molar-refractivity contribution in [3.63, 3.8) is 0 Å². The fraction of sp³-hybridized carbons (Fsp3) is 0.400. The SMILES string of the molecule is CCC(NCC(=O)NC(N)=O)c1cccs1. The molecule has 1 unspecified atom stereocenters. The van der Waals surface area contributed by atoms with Gasteiger partial charge in [-0.1, -0.05) is 13.0 Å². The van der Waals surface area contributed by atoms with Crippen LogP contribution < -0.4 is 16.4 Å². The van der Waals surface area contributed by atoms with Gasteiger partial charge in [-0.15, -0.1) is 11.3 Å². The van der Waals surface area contributed by atoms with Crippen LogP contribution in [-0.2, 0) is 4.79 Å². The van der Waals surface area contributed by atoms with Gasteiger partial charge in [-0.05, 0) is 17.9 Å². The zero-order valence-electron chi connectivity index (χ0n) is 9.03. The highest BCUT2D eigenvalue weighted by atomic mass is 32.1. The fourth-order valence-corrected chi connectivity index (χ4v) is 2.22. The Morgan fingerprint density at radius 2 is 2.31 bits per heavy atom. The van der Waals surface area contributed by atoms with Crippen LogP contribution in [0.3, 0.4) is 0 Å². The number of imide groups is 1. The summed E-state index contributed by atoms with van der Waals surface area (Å²) < 4.78 is 0. The molecule has 5 nitrogen and oxygen atoms in total. The summed E-state index contributed by atoms with van der Waals surface area (Å²) in [6.07, 6.45) is 0.879. The van der Waals surface area contributed by atoms with E-state index < -0.39 is 11.9 Å². The molecule has 16 heavy (non-hydrogen) atoms. The summed E-state index contributed by atoms with van der Waals surface area (Å²) >= 11 is 1.64. The van der Waals surface area contributed by atoms with Crippen LogP contribution in [0.25, 0.3) is 0 Å². The maximum atomic E-state index is 11.2. The number of nitrogens with two attached hydrogens (primary N) is 1.